The second-order valence-electron chi connectivity index (χ2n) is 7.18. The van der Waals surface area contributed by atoms with Gasteiger partial charge in [0, 0.05) is 18.0 Å². The van der Waals surface area contributed by atoms with Crippen molar-refractivity contribution in [1.29, 1.82) is 0 Å². The van der Waals surface area contributed by atoms with Crippen molar-refractivity contribution in [2.24, 2.45) is 5.41 Å². The van der Waals surface area contributed by atoms with E-state index < -0.39 is 0 Å². The lowest BCUT2D eigenvalue weighted by Crippen LogP contribution is -2.37. The van der Waals surface area contributed by atoms with Crippen molar-refractivity contribution >= 4 is 28.4 Å². The maximum Gasteiger partial charge on any atom is 0.270 e. The van der Waals surface area contributed by atoms with E-state index in [-0.39, 0.29) is 5.91 Å². The highest BCUT2D eigenvalue weighted by Crippen LogP contribution is 2.50. The highest BCUT2D eigenvalue weighted by atomic mass is 35.5. The van der Waals surface area contributed by atoms with Crippen LogP contribution in [0.2, 0.25) is 5.02 Å². The number of hydrogen-bond donors (Lipinski definition) is 1. The van der Waals surface area contributed by atoms with Gasteiger partial charge in [0.25, 0.3) is 5.91 Å². The maximum absolute atomic E-state index is 12.9. The molecule has 0 bridgehead atoms. The number of aromatic amines is 1. The van der Waals surface area contributed by atoms with E-state index in [0.29, 0.717) is 22.2 Å². The maximum atomic E-state index is 12.9. The largest absolute Gasteiger partial charge is 0.349 e. The third-order valence-electron chi connectivity index (χ3n) is 5.60. The Labute approximate surface area is 135 Å². The molecule has 22 heavy (non-hydrogen) atoms. The van der Waals surface area contributed by atoms with Crippen LogP contribution in [-0.4, -0.2) is 28.4 Å². The zero-order chi connectivity index (χ0) is 15.5. The second kappa shape index (κ2) is 4.76. The van der Waals surface area contributed by atoms with Gasteiger partial charge in [-0.05, 0) is 50.2 Å². The standard InChI is InChI=1S/C18H21ClN2O/c1-11-4-5-13-8-14(20-16(13)15(11)19)17(22)21-10-18(6-3-7-18)9-12(21)2/h4-5,8,12,20H,3,6-7,9-10H2,1-2H3. The van der Waals surface area contributed by atoms with E-state index >= 15 is 0 Å². The van der Waals surface area contributed by atoms with Crippen molar-refractivity contribution < 1.29 is 4.79 Å². The van der Waals surface area contributed by atoms with E-state index in [9.17, 15) is 4.79 Å². The van der Waals surface area contributed by atoms with Crippen molar-refractivity contribution in [2.75, 3.05) is 6.54 Å². The Morgan fingerprint density at radius 2 is 2.18 bits per heavy atom. The number of fused-ring (bicyclic) bond motifs is 1. The van der Waals surface area contributed by atoms with Gasteiger partial charge >= 0.3 is 0 Å². The number of halogens is 1. The fourth-order valence-corrected chi connectivity index (χ4v) is 4.39. The number of benzene rings is 1. The molecule has 4 rings (SSSR count). The third kappa shape index (κ3) is 1.98. The zero-order valence-corrected chi connectivity index (χ0v) is 13.8. The molecule has 1 aromatic carbocycles. The lowest BCUT2D eigenvalue weighted by atomic mass is 9.68. The minimum absolute atomic E-state index is 0.112. The molecule has 1 aliphatic carbocycles. The van der Waals surface area contributed by atoms with E-state index in [1.807, 2.05) is 30.0 Å². The zero-order valence-electron chi connectivity index (χ0n) is 13.1. The first kappa shape index (κ1) is 14.1. The van der Waals surface area contributed by atoms with Gasteiger partial charge in [-0.1, -0.05) is 30.2 Å². The molecule has 1 saturated carbocycles. The molecule has 1 N–H and O–H groups in total. The summed E-state index contributed by atoms with van der Waals surface area (Å²) >= 11 is 6.35. The summed E-state index contributed by atoms with van der Waals surface area (Å²) in [5, 5.41) is 1.71. The van der Waals surface area contributed by atoms with Crippen LogP contribution >= 0.6 is 11.6 Å². The van der Waals surface area contributed by atoms with Crippen molar-refractivity contribution in [3.63, 3.8) is 0 Å². The van der Waals surface area contributed by atoms with Crippen molar-refractivity contribution in [1.82, 2.24) is 9.88 Å². The Hall–Kier alpha value is -1.48. The van der Waals surface area contributed by atoms with Gasteiger partial charge in [0.05, 0.1) is 10.5 Å². The molecular weight excluding hydrogens is 296 g/mol. The highest BCUT2D eigenvalue weighted by Gasteiger charge is 2.47. The Balaban J connectivity index is 1.67. The first-order valence-electron chi connectivity index (χ1n) is 8.08. The number of carbonyl (C=O) groups is 1. The van der Waals surface area contributed by atoms with Gasteiger partial charge in [0.2, 0.25) is 0 Å². The van der Waals surface area contributed by atoms with Gasteiger partial charge in [-0.3, -0.25) is 4.79 Å². The molecule has 2 aromatic rings. The topological polar surface area (TPSA) is 36.1 Å². The van der Waals surface area contributed by atoms with Crippen LogP contribution < -0.4 is 0 Å². The van der Waals surface area contributed by atoms with Gasteiger partial charge in [-0.25, -0.2) is 0 Å². The van der Waals surface area contributed by atoms with Crippen LogP contribution in [-0.2, 0) is 0 Å². The molecule has 1 unspecified atom stereocenters. The summed E-state index contributed by atoms with van der Waals surface area (Å²) in [6, 6.07) is 6.28. The molecule has 1 aliphatic heterocycles. The number of amides is 1. The second-order valence-corrected chi connectivity index (χ2v) is 7.56. The van der Waals surface area contributed by atoms with Crippen LogP contribution in [0.15, 0.2) is 18.2 Å². The van der Waals surface area contributed by atoms with Crippen molar-refractivity contribution in [3.05, 3.63) is 34.5 Å². The summed E-state index contributed by atoms with van der Waals surface area (Å²) in [5.41, 5.74) is 2.97. The molecule has 1 amide bonds. The number of aromatic nitrogens is 1. The lowest BCUT2D eigenvalue weighted by Gasteiger charge is -2.37. The molecule has 1 spiro atoms. The molecule has 4 heteroatoms. The van der Waals surface area contributed by atoms with Crippen LogP contribution in [0.3, 0.4) is 0 Å². The number of H-pyrrole nitrogens is 1. The molecule has 1 atom stereocenters. The summed E-state index contributed by atoms with van der Waals surface area (Å²) < 4.78 is 0. The number of aryl methyl sites for hydroxylation is 1. The first-order chi connectivity index (χ1) is 10.5. The van der Waals surface area contributed by atoms with Crippen LogP contribution in [0, 0.1) is 12.3 Å². The fourth-order valence-electron chi connectivity index (χ4n) is 4.17. The Morgan fingerprint density at radius 3 is 2.82 bits per heavy atom. The molecule has 0 radical (unpaired) electrons. The smallest absolute Gasteiger partial charge is 0.270 e. The quantitative estimate of drug-likeness (QED) is 0.824. The van der Waals surface area contributed by atoms with Gasteiger partial charge < -0.3 is 9.88 Å². The Kier molecular flexibility index (Phi) is 3.06. The molecule has 2 heterocycles. The number of nitrogens with zero attached hydrogens (tertiary/aromatic N) is 1. The van der Waals surface area contributed by atoms with Crippen LogP contribution in [0.25, 0.3) is 10.9 Å². The summed E-state index contributed by atoms with van der Waals surface area (Å²) in [4.78, 5) is 18.2. The van der Waals surface area contributed by atoms with Gasteiger partial charge in [0.1, 0.15) is 5.69 Å². The average molecular weight is 317 g/mol. The molecule has 2 aliphatic rings. The molecule has 1 aromatic heterocycles. The summed E-state index contributed by atoms with van der Waals surface area (Å²) in [6.07, 6.45) is 5.02. The summed E-state index contributed by atoms with van der Waals surface area (Å²) in [6.45, 7) is 5.06. The van der Waals surface area contributed by atoms with E-state index in [1.54, 1.807) is 0 Å². The molecule has 3 nitrogen and oxygen atoms in total. The SMILES string of the molecule is Cc1ccc2cc(C(=O)N3CC4(CCC4)CC3C)[nH]c2c1Cl. The normalized spacial score (nSPS) is 23.2. The summed E-state index contributed by atoms with van der Waals surface area (Å²) in [7, 11) is 0. The minimum Gasteiger partial charge on any atom is -0.349 e. The predicted octanol–water partition coefficient (Wildman–Crippen LogP) is 4.53. The van der Waals surface area contributed by atoms with Crippen molar-refractivity contribution in [2.45, 2.75) is 45.6 Å². The number of carbonyl (C=O) groups excluding carboxylic acids is 1. The van der Waals surface area contributed by atoms with Crippen molar-refractivity contribution in [3.8, 4) is 0 Å². The van der Waals surface area contributed by atoms with Crippen LogP contribution in [0.1, 0.15) is 48.7 Å². The van der Waals surface area contributed by atoms with Gasteiger partial charge in [-0.2, -0.15) is 0 Å². The monoisotopic (exact) mass is 316 g/mol. The van der Waals surface area contributed by atoms with E-state index in [2.05, 4.69) is 11.9 Å². The van der Waals surface area contributed by atoms with Crippen LogP contribution in [0.5, 0.6) is 0 Å². The summed E-state index contributed by atoms with van der Waals surface area (Å²) in [5.74, 6) is 0.112. The molecular formula is C18H21ClN2O. The molecule has 1 saturated heterocycles. The van der Waals surface area contributed by atoms with E-state index in [0.717, 1.165) is 29.4 Å². The fraction of sp³-hybridized carbons (Fsp3) is 0.500. The Bertz CT molecular complexity index is 760. The average Bonchev–Trinajstić information content (AvgIpc) is 3.04. The number of hydrogen-bond acceptors (Lipinski definition) is 1. The van der Waals surface area contributed by atoms with Crippen LogP contribution in [0.4, 0.5) is 0 Å². The highest BCUT2D eigenvalue weighted by molar-refractivity contribution is 6.36. The lowest BCUT2D eigenvalue weighted by molar-refractivity contribution is 0.0696. The van der Waals surface area contributed by atoms with E-state index in [4.69, 9.17) is 11.6 Å². The van der Waals surface area contributed by atoms with E-state index in [1.165, 1.54) is 19.3 Å². The Morgan fingerprint density at radius 1 is 1.41 bits per heavy atom. The number of likely N-dealkylation sites (tertiary alicyclic amines) is 1. The van der Waals surface area contributed by atoms with Gasteiger partial charge in [0.15, 0.2) is 0 Å². The molecule has 2 fully saturated rings. The first-order valence-corrected chi connectivity index (χ1v) is 8.46. The number of nitrogens with one attached hydrogen (secondary N) is 1. The predicted molar refractivity (Wildman–Crippen MR) is 89.4 cm³/mol. The van der Waals surface area contributed by atoms with Gasteiger partial charge in [-0.15, -0.1) is 0 Å². The number of rotatable bonds is 1. The third-order valence-corrected chi connectivity index (χ3v) is 6.09. The molecule has 116 valence electrons. The minimum atomic E-state index is 0.112.